The molecule has 0 aromatic carbocycles. The molecule has 1 rings (SSSR count). The molecule has 1 aromatic heterocycles. The second-order valence-corrected chi connectivity index (χ2v) is 6.23. The fourth-order valence-corrected chi connectivity index (χ4v) is 2.03. The van der Waals surface area contributed by atoms with Gasteiger partial charge in [-0.25, -0.2) is 4.79 Å². The van der Waals surface area contributed by atoms with E-state index in [1.54, 1.807) is 0 Å². The molecular formula is C15H28N4O2. The molecule has 0 bridgehead atoms. The monoisotopic (exact) mass is 296 g/mol. The van der Waals surface area contributed by atoms with Crippen molar-refractivity contribution in [2.24, 2.45) is 0 Å². The lowest BCUT2D eigenvalue weighted by Gasteiger charge is -2.32. The van der Waals surface area contributed by atoms with Crippen molar-refractivity contribution in [1.29, 1.82) is 0 Å². The summed E-state index contributed by atoms with van der Waals surface area (Å²) in [6.07, 6.45) is 0.785. The highest BCUT2D eigenvalue weighted by molar-refractivity contribution is 5.74. The summed E-state index contributed by atoms with van der Waals surface area (Å²) in [5.74, 6) is 0.758. The van der Waals surface area contributed by atoms with Crippen LogP contribution in [-0.4, -0.2) is 42.3 Å². The molecule has 6 heteroatoms. The lowest BCUT2D eigenvalue weighted by Crippen LogP contribution is -2.50. The first-order valence-corrected chi connectivity index (χ1v) is 7.33. The zero-order valence-electron chi connectivity index (χ0n) is 14.2. The first-order valence-electron chi connectivity index (χ1n) is 7.33. The zero-order valence-corrected chi connectivity index (χ0v) is 14.2. The number of hydrogen-bond acceptors (Lipinski definition) is 4. The van der Waals surface area contributed by atoms with Gasteiger partial charge in [-0.3, -0.25) is 0 Å². The third-order valence-electron chi connectivity index (χ3n) is 4.04. The Balaban J connectivity index is 2.65. The van der Waals surface area contributed by atoms with Gasteiger partial charge >= 0.3 is 6.03 Å². The normalized spacial score (nSPS) is 13.3. The molecule has 120 valence electrons. The first kappa shape index (κ1) is 17.5. The van der Waals surface area contributed by atoms with E-state index in [-0.39, 0.29) is 17.6 Å². The van der Waals surface area contributed by atoms with Crippen LogP contribution in [0.25, 0.3) is 0 Å². The number of hydrogen-bond donors (Lipinski definition) is 2. The summed E-state index contributed by atoms with van der Waals surface area (Å²) < 4.78 is 5.18. The third-order valence-corrected chi connectivity index (χ3v) is 4.04. The van der Waals surface area contributed by atoms with Crippen LogP contribution in [0, 0.1) is 13.8 Å². The van der Waals surface area contributed by atoms with Crippen LogP contribution in [0.2, 0.25) is 0 Å². The number of nitrogens with zero attached hydrogens (tertiary/aromatic N) is 2. The van der Waals surface area contributed by atoms with E-state index in [0.29, 0.717) is 6.54 Å². The molecule has 0 unspecified atom stereocenters. The highest BCUT2D eigenvalue weighted by Crippen LogP contribution is 2.23. The molecule has 1 aromatic rings. The predicted octanol–water partition coefficient (Wildman–Crippen LogP) is 2.38. The lowest BCUT2D eigenvalue weighted by molar-refractivity contribution is 0.185. The quantitative estimate of drug-likeness (QED) is 0.845. The minimum Gasteiger partial charge on any atom is -0.361 e. The highest BCUT2D eigenvalue weighted by Gasteiger charge is 2.23. The van der Waals surface area contributed by atoms with E-state index in [9.17, 15) is 4.79 Å². The van der Waals surface area contributed by atoms with Gasteiger partial charge in [0.25, 0.3) is 0 Å². The average Bonchev–Trinajstić information content (AvgIpc) is 2.73. The van der Waals surface area contributed by atoms with Crippen LogP contribution < -0.4 is 10.6 Å². The Kier molecular flexibility index (Phi) is 5.78. The van der Waals surface area contributed by atoms with Gasteiger partial charge in [-0.2, -0.15) is 0 Å². The minimum absolute atomic E-state index is 0.0845. The molecule has 0 radical (unpaired) electrons. The number of nitrogens with one attached hydrogen (secondary N) is 2. The fraction of sp³-hybridized carbons (Fsp3) is 0.733. The standard InChI is InChI=1S/C15H28N4O2/c1-8-12(13-10(2)18-21-11(13)3)17-14(20)16-9-15(4,5)19(6)7/h12H,8-9H2,1-7H3,(H2,16,17,20)/t12-/m0/s1. The molecule has 0 aliphatic carbocycles. The summed E-state index contributed by atoms with van der Waals surface area (Å²) in [5, 5.41) is 9.87. The average molecular weight is 296 g/mol. The number of aromatic nitrogens is 1. The van der Waals surface area contributed by atoms with Crippen molar-refractivity contribution in [3.8, 4) is 0 Å². The molecule has 1 heterocycles. The Bertz CT molecular complexity index is 461. The second-order valence-electron chi connectivity index (χ2n) is 6.23. The molecule has 0 saturated carbocycles. The van der Waals surface area contributed by atoms with E-state index in [2.05, 4.69) is 34.5 Å². The molecular weight excluding hydrogens is 268 g/mol. The van der Waals surface area contributed by atoms with Crippen molar-refractivity contribution in [2.75, 3.05) is 20.6 Å². The molecule has 0 saturated heterocycles. The van der Waals surface area contributed by atoms with Gasteiger partial charge in [0.05, 0.1) is 11.7 Å². The van der Waals surface area contributed by atoms with Gasteiger partial charge < -0.3 is 20.1 Å². The Hall–Kier alpha value is -1.56. The molecule has 6 nitrogen and oxygen atoms in total. The van der Waals surface area contributed by atoms with Gasteiger partial charge in [0.2, 0.25) is 0 Å². The van der Waals surface area contributed by atoms with Gasteiger partial charge in [0.1, 0.15) is 5.76 Å². The molecule has 0 fully saturated rings. The van der Waals surface area contributed by atoms with E-state index in [4.69, 9.17) is 4.52 Å². The van der Waals surface area contributed by atoms with Crippen molar-refractivity contribution in [3.05, 3.63) is 17.0 Å². The van der Waals surface area contributed by atoms with Gasteiger partial charge in [0, 0.05) is 17.6 Å². The third kappa shape index (κ3) is 4.46. The smallest absolute Gasteiger partial charge is 0.315 e. The van der Waals surface area contributed by atoms with Crippen LogP contribution >= 0.6 is 0 Å². The molecule has 1 atom stereocenters. The number of amides is 2. The summed E-state index contributed by atoms with van der Waals surface area (Å²) in [4.78, 5) is 14.2. The van der Waals surface area contributed by atoms with Crippen LogP contribution in [0.1, 0.15) is 50.3 Å². The maximum absolute atomic E-state index is 12.1. The van der Waals surface area contributed by atoms with Crippen LogP contribution in [0.4, 0.5) is 4.79 Å². The maximum Gasteiger partial charge on any atom is 0.315 e. The van der Waals surface area contributed by atoms with Crippen molar-refractivity contribution in [2.45, 2.75) is 52.6 Å². The van der Waals surface area contributed by atoms with Gasteiger partial charge in [0.15, 0.2) is 0 Å². The summed E-state index contributed by atoms with van der Waals surface area (Å²) in [5.41, 5.74) is 1.70. The minimum atomic E-state index is -0.170. The molecule has 2 amide bonds. The summed E-state index contributed by atoms with van der Waals surface area (Å²) in [7, 11) is 4.00. The zero-order chi connectivity index (χ0) is 16.2. The number of rotatable bonds is 6. The highest BCUT2D eigenvalue weighted by atomic mass is 16.5. The second kappa shape index (κ2) is 6.93. The number of aryl methyl sites for hydroxylation is 2. The van der Waals surface area contributed by atoms with E-state index < -0.39 is 0 Å². The van der Waals surface area contributed by atoms with E-state index in [0.717, 1.165) is 23.4 Å². The molecule has 0 aliphatic heterocycles. The van der Waals surface area contributed by atoms with Gasteiger partial charge in [-0.05, 0) is 48.2 Å². The molecule has 0 aliphatic rings. The Morgan fingerprint density at radius 2 is 2.00 bits per heavy atom. The maximum atomic E-state index is 12.1. The Labute approximate surface area is 127 Å². The van der Waals surface area contributed by atoms with E-state index in [1.165, 1.54) is 0 Å². The predicted molar refractivity (Wildman–Crippen MR) is 83.3 cm³/mol. The van der Waals surface area contributed by atoms with Crippen molar-refractivity contribution < 1.29 is 9.32 Å². The lowest BCUT2D eigenvalue weighted by atomic mass is 10.0. The first-order chi connectivity index (χ1) is 9.69. The van der Waals surface area contributed by atoms with Crippen LogP contribution in [0.5, 0.6) is 0 Å². The molecule has 2 N–H and O–H groups in total. The molecule has 21 heavy (non-hydrogen) atoms. The summed E-state index contributed by atoms with van der Waals surface area (Å²) >= 11 is 0. The Morgan fingerprint density at radius 3 is 2.43 bits per heavy atom. The number of carbonyl (C=O) groups is 1. The van der Waals surface area contributed by atoms with Gasteiger partial charge in [-0.15, -0.1) is 0 Å². The number of urea groups is 1. The van der Waals surface area contributed by atoms with Crippen molar-refractivity contribution in [1.82, 2.24) is 20.7 Å². The summed E-state index contributed by atoms with van der Waals surface area (Å²) in [6, 6.07) is -0.254. The number of carbonyl (C=O) groups excluding carboxylic acids is 1. The topological polar surface area (TPSA) is 70.4 Å². The van der Waals surface area contributed by atoms with Crippen LogP contribution in [-0.2, 0) is 0 Å². The summed E-state index contributed by atoms with van der Waals surface area (Å²) in [6.45, 7) is 10.5. The van der Waals surface area contributed by atoms with Gasteiger partial charge in [-0.1, -0.05) is 12.1 Å². The van der Waals surface area contributed by atoms with Crippen LogP contribution in [0.15, 0.2) is 4.52 Å². The molecule has 0 spiro atoms. The largest absolute Gasteiger partial charge is 0.361 e. The van der Waals surface area contributed by atoms with Crippen LogP contribution in [0.3, 0.4) is 0 Å². The van der Waals surface area contributed by atoms with Crippen molar-refractivity contribution >= 4 is 6.03 Å². The van der Waals surface area contributed by atoms with Crippen molar-refractivity contribution in [3.63, 3.8) is 0 Å². The Morgan fingerprint density at radius 1 is 1.38 bits per heavy atom. The SMILES string of the molecule is CC[C@H](NC(=O)NCC(C)(C)N(C)C)c1c(C)noc1C. The fourth-order valence-electron chi connectivity index (χ4n) is 2.03. The number of likely N-dealkylation sites (N-methyl/N-ethyl adjacent to an activating group) is 1. The van der Waals surface area contributed by atoms with E-state index in [1.807, 2.05) is 34.9 Å². The van der Waals surface area contributed by atoms with E-state index >= 15 is 0 Å².